The molecule has 0 amide bonds. The molecule has 0 aromatic heterocycles. The second kappa shape index (κ2) is 12.0. The van der Waals surface area contributed by atoms with Gasteiger partial charge in [-0.15, -0.1) is 6.58 Å². The van der Waals surface area contributed by atoms with Crippen molar-refractivity contribution in [3.63, 3.8) is 0 Å². The van der Waals surface area contributed by atoms with Crippen molar-refractivity contribution >= 4 is 11.8 Å². The third-order valence-electron chi connectivity index (χ3n) is 6.04. The van der Waals surface area contributed by atoms with E-state index in [1.807, 2.05) is 66.7 Å². The number of hydrogen-bond acceptors (Lipinski definition) is 6. The minimum absolute atomic E-state index is 0.277. The van der Waals surface area contributed by atoms with Crippen LogP contribution in [-0.4, -0.2) is 43.1 Å². The van der Waals surface area contributed by atoms with Gasteiger partial charge in [0.2, 0.25) is 0 Å². The molecule has 5 rings (SSSR count). The first-order valence-electron chi connectivity index (χ1n) is 11.9. The normalized spacial score (nSPS) is 28.2. The molecule has 0 spiro atoms. The van der Waals surface area contributed by atoms with Crippen molar-refractivity contribution in [2.24, 2.45) is 0 Å². The molecule has 2 heterocycles. The van der Waals surface area contributed by atoms with Crippen LogP contribution < -0.4 is 0 Å². The lowest BCUT2D eigenvalue weighted by molar-refractivity contribution is -0.328. The van der Waals surface area contributed by atoms with Crippen LogP contribution in [0.25, 0.3) is 0 Å². The average Bonchev–Trinajstić information content (AvgIpc) is 2.92. The predicted molar refractivity (Wildman–Crippen MR) is 136 cm³/mol. The van der Waals surface area contributed by atoms with Gasteiger partial charge in [0.05, 0.1) is 19.8 Å². The molecule has 3 aromatic carbocycles. The van der Waals surface area contributed by atoms with E-state index in [0.717, 1.165) is 16.0 Å². The van der Waals surface area contributed by atoms with Crippen molar-refractivity contribution in [1.82, 2.24) is 0 Å². The lowest BCUT2D eigenvalue weighted by Crippen LogP contribution is -2.62. The second-order valence-electron chi connectivity index (χ2n) is 8.50. The highest BCUT2D eigenvalue weighted by molar-refractivity contribution is 7.99. The Morgan fingerprint density at radius 1 is 0.829 bits per heavy atom. The fraction of sp³-hybridized carbons (Fsp3) is 0.310. The number of rotatable bonds is 9. The van der Waals surface area contributed by atoms with Crippen LogP contribution in [0, 0.1) is 0 Å². The van der Waals surface area contributed by atoms with Gasteiger partial charge in [0.25, 0.3) is 0 Å². The number of fused-ring (bicyclic) bond motifs is 1. The number of ether oxygens (including phenoxy) is 5. The van der Waals surface area contributed by atoms with Crippen molar-refractivity contribution in [1.29, 1.82) is 0 Å². The van der Waals surface area contributed by atoms with Gasteiger partial charge in [-0.05, 0) is 17.7 Å². The second-order valence-corrected chi connectivity index (χ2v) is 9.67. The van der Waals surface area contributed by atoms with E-state index < -0.39 is 6.29 Å². The highest BCUT2D eigenvalue weighted by Gasteiger charge is 2.51. The third kappa shape index (κ3) is 6.04. The molecule has 35 heavy (non-hydrogen) atoms. The highest BCUT2D eigenvalue weighted by Crippen LogP contribution is 2.41. The van der Waals surface area contributed by atoms with E-state index in [1.165, 1.54) is 0 Å². The Morgan fingerprint density at radius 2 is 1.51 bits per heavy atom. The summed E-state index contributed by atoms with van der Waals surface area (Å²) in [7, 11) is 0. The third-order valence-corrected chi connectivity index (χ3v) is 7.20. The van der Waals surface area contributed by atoms with Crippen LogP contribution in [-0.2, 0) is 30.3 Å². The summed E-state index contributed by atoms with van der Waals surface area (Å²) in [5, 5.41) is 0. The van der Waals surface area contributed by atoms with Crippen molar-refractivity contribution in [2.75, 3.05) is 13.2 Å². The molecule has 0 aliphatic carbocycles. The molecule has 2 aliphatic rings. The van der Waals surface area contributed by atoms with E-state index in [-0.39, 0.29) is 29.9 Å². The summed E-state index contributed by atoms with van der Waals surface area (Å²) in [6.45, 7) is 5.09. The summed E-state index contributed by atoms with van der Waals surface area (Å²) < 4.78 is 32.0. The van der Waals surface area contributed by atoms with E-state index in [1.54, 1.807) is 17.8 Å². The Balaban J connectivity index is 1.42. The SMILES string of the molecule is C=CCO[C@H]1[C@@H](OCc2ccccc2)[C@@H]2OC(c3ccccc3)OC[C@H]2O[C@@H]1Sc1ccccc1. The summed E-state index contributed by atoms with van der Waals surface area (Å²) in [5.41, 5.74) is 1.77. The molecule has 6 atom stereocenters. The largest absolute Gasteiger partial charge is 0.368 e. The predicted octanol–water partition coefficient (Wildman–Crippen LogP) is 5.77. The first-order chi connectivity index (χ1) is 17.3. The lowest BCUT2D eigenvalue weighted by Gasteiger charge is -2.49. The zero-order chi connectivity index (χ0) is 23.9. The molecule has 2 saturated heterocycles. The van der Waals surface area contributed by atoms with Crippen LogP contribution in [0.15, 0.2) is 109 Å². The Hall–Kier alpha value is -2.45. The van der Waals surface area contributed by atoms with Gasteiger partial charge in [0.15, 0.2) is 6.29 Å². The van der Waals surface area contributed by atoms with Crippen molar-refractivity contribution in [2.45, 2.75) is 47.6 Å². The van der Waals surface area contributed by atoms with Gasteiger partial charge < -0.3 is 23.7 Å². The van der Waals surface area contributed by atoms with Gasteiger partial charge in [-0.25, -0.2) is 0 Å². The molecule has 6 heteroatoms. The maximum absolute atomic E-state index is 6.57. The van der Waals surface area contributed by atoms with Gasteiger partial charge in [0.1, 0.15) is 29.9 Å². The Bertz CT molecular complexity index is 1050. The van der Waals surface area contributed by atoms with Crippen LogP contribution in [0.3, 0.4) is 0 Å². The fourth-order valence-corrected chi connectivity index (χ4v) is 5.51. The molecule has 5 nitrogen and oxygen atoms in total. The van der Waals surface area contributed by atoms with E-state index in [9.17, 15) is 0 Å². The molecule has 0 radical (unpaired) electrons. The molecule has 0 bridgehead atoms. The summed E-state index contributed by atoms with van der Waals surface area (Å²) >= 11 is 1.63. The summed E-state index contributed by atoms with van der Waals surface area (Å²) in [6, 6.07) is 30.3. The monoisotopic (exact) mass is 490 g/mol. The number of thioether (sulfide) groups is 1. The zero-order valence-electron chi connectivity index (χ0n) is 19.5. The smallest absolute Gasteiger partial charge is 0.184 e. The van der Waals surface area contributed by atoms with Crippen LogP contribution >= 0.6 is 11.8 Å². The average molecular weight is 491 g/mol. The van der Waals surface area contributed by atoms with E-state index in [2.05, 4.69) is 30.8 Å². The highest BCUT2D eigenvalue weighted by atomic mass is 32.2. The molecule has 2 fully saturated rings. The molecular formula is C29H30O5S. The zero-order valence-corrected chi connectivity index (χ0v) is 20.3. The fourth-order valence-electron chi connectivity index (χ4n) is 4.37. The van der Waals surface area contributed by atoms with E-state index in [4.69, 9.17) is 23.7 Å². The Morgan fingerprint density at radius 3 is 2.23 bits per heavy atom. The summed E-state index contributed by atoms with van der Waals surface area (Å²) in [4.78, 5) is 1.10. The summed E-state index contributed by atoms with van der Waals surface area (Å²) in [5.74, 6) is 0. The molecule has 182 valence electrons. The molecule has 1 unspecified atom stereocenters. The minimum atomic E-state index is -0.484. The number of hydrogen-bond donors (Lipinski definition) is 0. The van der Waals surface area contributed by atoms with E-state index in [0.29, 0.717) is 19.8 Å². The van der Waals surface area contributed by atoms with Crippen molar-refractivity contribution < 1.29 is 23.7 Å². The topological polar surface area (TPSA) is 46.2 Å². The number of benzene rings is 3. The van der Waals surface area contributed by atoms with Gasteiger partial charge in [-0.2, -0.15) is 0 Å². The maximum atomic E-state index is 6.57. The van der Waals surface area contributed by atoms with Gasteiger partial charge >= 0.3 is 0 Å². The molecule has 3 aromatic rings. The molecule has 0 N–H and O–H groups in total. The van der Waals surface area contributed by atoms with Crippen molar-refractivity contribution in [3.05, 3.63) is 115 Å². The van der Waals surface area contributed by atoms with Crippen molar-refractivity contribution in [3.8, 4) is 0 Å². The van der Waals surface area contributed by atoms with Gasteiger partial charge in [-0.1, -0.05) is 96.7 Å². The Kier molecular flexibility index (Phi) is 8.31. The van der Waals surface area contributed by atoms with Gasteiger partial charge in [0, 0.05) is 10.5 Å². The van der Waals surface area contributed by atoms with Crippen LogP contribution in [0.4, 0.5) is 0 Å². The standard InChI is InChI=1S/C29H30O5S/c1-2-18-30-27-26(31-19-21-12-6-3-7-13-21)25-24(33-29(27)35-23-16-10-5-11-17-23)20-32-28(34-25)22-14-8-4-9-15-22/h2-17,24-29H,1,18-20H2/t24-,25-,26+,27+,28?,29-/m1/s1. The quantitative estimate of drug-likeness (QED) is 0.355. The maximum Gasteiger partial charge on any atom is 0.184 e. The molecule has 2 aliphatic heterocycles. The Labute approximate surface area is 211 Å². The first kappa shape index (κ1) is 24.3. The minimum Gasteiger partial charge on any atom is -0.368 e. The van der Waals surface area contributed by atoms with Crippen LogP contribution in [0.2, 0.25) is 0 Å². The first-order valence-corrected chi connectivity index (χ1v) is 12.8. The van der Waals surface area contributed by atoms with Crippen LogP contribution in [0.5, 0.6) is 0 Å². The van der Waals surface area contributed by atoms with Gasteiger partial charge in [-0.3, -0.25) is 0 Å². The summed E-state index contributed by atoms with van der Waals surface area (Å²) in [6.07, 6.45) is -0.0758. The lowest BCUT2D eigenvalue weighted by atomic mass is 9.98. The van der Waals surface area contributed by atoms with E-state index >= 15 is 0 Å². The molecular weight excluding hydrogens is 460 g/mol. The molecule has 0 saturated carbocycles. The van der Waals surface area contributed by atoms with Crippen LogP contribution in [0.1, 0.15) is 17.4 Å².